The van der Waals surface area contributed by atoms with Crippen LogP contribution in [0.3, 0.4) is 0 Å². The summed E-state index contributed by atoms with van der Waals surface area (Å²) in [4.78, 5) is 12.8. The highest BCUT2D eigenvalue weighted by Gasteiger charge is 2.45. The second-order valence-corrected chi connectivity index (χ2v) is 7.39. The first-order chi connectivity index (χ1) is 11.0. The van der Waals surface area contributed by atoms with Gasteiger partial charge in [-0.1, -0.05) is 49.3 Å². The predicted octanol–water partition coefficient (Wildman–Crippen LogP) is 3.74. The quantitative estimate of drug-likeness (QED) is 0.917. The number of hydrogen-bond acceptors (Lipinski definition) is 4. The summed E-state index contributed by atoms with van der Waals surface area (Å²) in [5, 5.41) is 3.95. The number of fused-ring (bicyclic) bond motifs is 2. The molecule has 0 saturated carbocycles. The summed E-state index contributed by atoms with van der Waals surface area (Å²) >= 11 is 0. The lowest BCUT2D eigenvalue weighted by Gasteiger charge is -2.30. The highest BCUT2D eigenvalue weighted by atomic mass is 16.5. The summed E-state index contributed by atoms with van der Waals surface area (Å²) in [5.41, 5.74) is 10.0. The Hall–Kier alpha value is -2.36. The van der Waals surface area contributed by atoms with E-state index in [9.17, 15) is 4.79 Å². The number of hydrogen-bond donors (Lipinski definition) is 1. The second kappa shape index (κ2) is 4.82. The number of carbonyl (C=O) groups excluding carboxylic acids is 1. The minimum Gasteiger partial charge on any atom is -0.381 e. The van der Waals surface area contributed by atoms with Gasteiger partial charge in [0, 0.05) is 23.5 Å². The Bertz CT molecular complexity index is 815. The van der Waals surface area contributed by atoms with Crippen molar-refractivity contribution in [2.45, 2.75) is 39.0 Å². The van der Waals surface area contributed by atoms with Gasteiger partial charge in [0.1, 0.15) is 0 Å². The Balaban J connectivity index is 1.83. The minimum atomic E-state index is -0.0453. The number of benzene rings is 1. The van der Waals surface area contributed by atoms with Crippen molar-refractivity contribution in [2.75, 3.05) is 5.73 Å². The average Bonchev–Trinajstić information content (AvgIpc) is 2.99. The number of anilines is 1. The molecule has 2 aliphatic carbocycles. The first-order valence-electron chi connectivity index (χ1n) is 8.02. The van der Waals surface area contributed by atoms with Gasteiger partial charge in [-0.25, -0.2) is 0 Å². The third-order valence-electron chi connectivity index (χ3n) is 4.93. The smallest absolute Gasteiger partial charge is 0.171 e. The van der Waals surface area contributed by atoms with Crippen LogP contribution >= 0.6 is 0 Å². The van der Waals surface area contributed by atoms with Crippen molar-refractivity contribution in [3.8, 4) is 0 Å². The van der Waals surface area contributed by atoms with Crippen LogP contribution in [0.4, 0.5) is 5.82 Å². The van der Waals surface area contributed by atoms with Crippen LogP contribution in [-0.4, -0.2) is 10.9 Å². The first-order valence-corrected chi connectivity index (χ1v) is 8.02. The van der Waals surface area contributed by atoms with E-state index in [4.69, 9.17) is 10.3 Å². The van der Waals surface area contributed by atoms with Crippen molar-refractivity contribution < 1.29 is 9.32 Å². The van der Waals surface area contributed by atoms with E-state index in [1.807, 2.05) is 18.2 Å². The van der Waals surface area contributed by atoms with Gasteiger partial charge in [0.05, 0.1) is 5.56 Å². The Morgan fingerprint density at radius 1 is 1.26 bits per heavy atom. The number of allylic oxidation sites excluding steroid dienone is 2. The van der Waals surface area contributed by atoms with Crippen molar-refractivity contribution in [2.24, 2.45) is 5.41 Å². The van der Waals surface area contributed by atoms with Gasteiger partial charge in [-0.05, 0) is 23.8 Å². The zero-order valence-corrected chi connectivity index (χ0v) is 13.4. The van der Waals surface area contributed by atoms with E-state index < -0.39 is 0 Å². The molecule has 1 heterocycles. The van der Waals surface area contributed by atoms with E-state index in [1.54, 1.807) is 0 Å². The summed E-state index contributed by atoms with van der Waals surface area (Å²) < 4.78 is 5.50. The standard InChI is InChI=1S/C19H20N2O2/c1-19(2)9-13-15(14(22)10-19)12(8-11-6-4-3-5-7-11)16-17(13)23-21-18(16)20/h3-7,12H,8-10H2,1-2H3,(H2,20,21)/t12-/m0/s1. The molecule has 0 amide bonds. The fourth-order valence-electron chi connectivity index (χ4n) is 4.00. The zero-order valence-electron chi connectivity index (χ0n) is 13.4. The van der Waals surface area contributed by atoms with Crippen LogP contribution in [0.2, 0.25) is 0 Å². The molecule has 118 valence electrons. The van der Waals surface area contributed by atoms with Gasteiger partial charge in [0.15, 0.2) is 17.4 Å². The molecule has 23 heavy (non-hydrogen) atoms. The summed E-state index contributed by atoms with van der Waals surface area (Å²) in [5.74, 6) is 1.35. The summed E-state index contributed by atoms with van der Waals surface area (Å²) in [6.07, 6.45) is 2.17. The lowest BCUT2D eigenvalue weighted by atomic mass is 9.72. The summed E-state index contributed by atoms with van der Waals surface area (Å²) in [6, 6.07) is 10.2. The topological polar surface area (TPSA) is 69.1 Å². The molecular weight excluding hydrogens is 288 g/mol. The third kappa shape index (κ3) is 2.21. The first kappa shape index (κ1) is 14.2. The van der Waals surface area contributed by atoms with Crippen molar-refractivity contribution in [3.63, 3.8) is 0 Å². The number of ketones is 1. The number of nitrogens with two attached hydrogens (primary N) is 1. The SMILES string of the molecule is CC1(C)CC(=O)C2=C(C1)c1onc(N)c1[C@H]2Cc1ccccc1. The monoisotopic (exact) mass is 308 g/mol. The van der Waals surface area contributed by atoms with E-state index in [1.165, 1.54) is 5.56 Å². The maximum absolute atomic E-state index is 12.8. The molecule has 1 aromatic carbocycles. The van der Waals surface area contributed by atoms with Crippen LogP contribution in [0.15, 0.2) is 40.4 Å². The fourth-order valence-corrected chi connectivity index (χ4v) is 4.00. The van der Waals surface area contributed by atoms with Gasteiger partial charge in [-0.3, -0.25) is 4.79 Å². The highest BCUT2D eigenvalue weighted by Crippen LogP contribution is 2.54. The number of carbonyl (C=O) groups is 1. The number of aromatic nitrogens is 1. The molecule has 4 heteroatoms. The number of nitrogens with zero attached hydrogens (tertiary/aromatic N) is 1. The number of nitrogen functional groups attached to an aromatic ring is 1. The molecule has 0 fully saturated rings. The van der Waals surface area contributed by atoms with E-state index in [2.05, 4.69) is 31.1 Å². The van der Waals surface area contributed by atoms with Gasteiger partial charge >= 0.3 is 0 Å². The van der Waals surface area contributed by atoms with Crippen LogP contribution in [-0.2, 0) is 11.2 Å². The maximum Gasteiger partial charge on any atom is 0.171 e. The molecular formula is C19H20N2O2. The van der Waals surface area contributed by atoms with Crippen molar-refractivity contribution in [1.82, 2.24) is 5.16 Å². The third-order valence-corrected chi connectivity index (χ3v) is 4.93. The lowest BCUT2D eigenvalue weighted by Crippen LogP contribution is -2.25. The molecule has 1 atom stereocenters. The van der Waals surface area contributed by atoms with E-state index in [-0.39, 0.29) is 17.1 Å². The molecule has 0 radical (unpaired) electrons. The molecule has 0 saturated heterocycles. The molecule has 0 unspecified atom stereocenters. The molecule has 4 rings (SSSR count). The average molecular weight is 308 g/mol. The van der Waals surface area contributed by atoms with Crippen LogP contribution in [0.5, 0.6) is 0 Å². The van der Waals surface area contributed by atoms with Crippen molar-refractivity contribution in [3.05, 3.63) is 52.8 Å². The second-order valence-electron chi connectivity index (χ2n) is 7.39. The minimum absolute atomic E-state index is 0.0303. The molecule has 4 nitrogen and oxygen atoms in total. The Morgan fingerprint density at radius 3 is 2.74 bits per heavy atom. The molecule has 0 aliphatic heterocycles. The van der Waals surface area contributed by atoms with Gasteiger partial charge in [0.2, 0.25) is 0 Å². The Kier molecular flexibility index (Phi) is 2.98. The molecule has 0 spiro atoms. The molecule has 2 aromatic rings. The van der Waals surface area contributed by atoms with Gasteiger partial charge in [-0.15, -0.1) is 0 Å². The van der Waals surface area contributed by atoms with Crippen LogP contribution in [0.1, 0.15) is 49.5 Å². The van der Waals surface area contributed by atoms with E-state index in [0.717, 1.165) is 35.3 Å². The predicted molar refractivity (Wildman–Crippen MR) is 88.7 cm³/mol. The lowest BCUT2D eigenvalue weighted by molar-refractivity contribution is -0.118. The summed E-state index contributed by atoms with van der Waals surface area (Å²) in [7, 11) is 0. The normalized spacial score (nSPS) is 22.2. The Morgan fingerprint density at radius 2 is 2.00 bits per heavy atom. The Labute approximate surface area is 135 Å². The van der Waals surface area contributed by atoms with Crippen LogP contribution in [0, 0.1) is 5.41 Å². The van der Waals surface area contributed by atoms with Crippen molar-refractivity contribution in [1.29, 1.82) is 0 Å². The number of Topliss-reactive ketones (excluding diaryl/α,β-unsaturated/α-hetero) is 1. The van der Waals surface area contributed by atoms with Gasteiger partial charge in [0.25, 0.3) is 0 Å². The number of rotatable bonds is 2. The summed E-state index contributed by atoms with van der Waals surface area (Å²) in [6.45, 7) is 4.25. The molecule has 2 aliphatic rings. The van der Waals surface area contributed by atoms with E-state index >= 15 is 0 Å². The molecule has 1 aromatic heterocycles. The largest absolute Gasteiger partial charge is 0.381 e. The van der Waals surface area contributed by atoms with E-state index in [0.29, 0.717) is 12.2 Å². The van der Waals surface area contributed by atoms with Gasteiger partial charge < -0.3 is 10.3 Å². The van der Waals surface area contributed by atoms with Crippen LogP contribution < -0.4 is 5.73 Å². The molecule has 0 bridgehead atoms. The zero-order chi connectivity index (χ0) is 16.2. The highest BCUT2D eigenvalue weighted by molar-refractivity contribution is 6.08. The van der Waals surface area contributed by atoms with Crippen molar-refractivity contribution >= 4 is 17.2 Å². The fraction of sp³-hybridized carbons (Fsp3) is 0.368. The maximum atomic E-state index is 12.8. The van der Waals surface area contributed by atoms with Crippen LogP contribution in [0.25, 0.3) is 5.57 Å². The van der Waals surface area contributed by atoms with Gasteiger partial charge in [-0.2, -0.15) is 0 Å². The molecule has 2 N–H and O–H groups in total.